The van der Waals surface area contributed by atoms with Crippen LogP contribution in [-0.2, 0) is 6.18 Å². The Morgan fingerprint density at radius 2 is 2.12 bits per heavy atom. The first-order valence-corrected chi connectivity index (χ1v) is 7.43. The molecular formula is C15H18F3N5O. The predicted octanol–water partition coefficient (Wildman–Crippen LogP) is 2.01. The number of rotatable bonds is 6. The molecule has 2 aromatic rings. The Bertz CT molecular complexity index is 698. The molecule has 24 heavy (non-hydrogen) atoms. The van der Waals surface area contributed by atoms with Gasteiger partial charge in [0.25, 0.3) is 5.91 Å². The van der Waals surface area contributed by atoms with Crippen molar-refractivity contribution in [2.24, 2.45) is 0 Å². The molecule has 130 valence electrons. The Hall–Kier alpha value is -2.42. The molecule has 1 aromatic carbocycles. The molecule has 0 bridgehead atoms. The van der Waals surface area contributed by atoms with Crippen molar-refractivity contribution >= 4 is 5.91 Å². The van der Waals surface area contributed by atoms with Crippen LogP contribution in [0.1, 0.15) is 29.9 Å². The molecule has 9 heteroatoms. The van der Waals surface area contributed by atoms with Gasteiger partial charge in [-0.15, -0.1) is 5.10 Å². The number of nitrogens with one attached hydrogen (secondary N) is 2. The second kappa shape index (κ2) is 7.43. The summed E-state index contributed by atoms with van der Waals surface area (Å²) in [5.74, 6) is -0.432. The highest BCUT2D eigenvalue weighted by Gasteiger charge is 2.30. The van der Waals surface area contributed by atoms with E-state index in [-0.39, 0.29) is 17.4 Å². The monoisotopic (exact) mass is 341 g/mol. The summed E-state index contributed by atoms with van der Waals surface area (Å²) >= 11 is 0. The number of amides is 1. The number of nitrogens with zero attached hydrogens (tertiary/aromatic N) is 3. The molecule has 2 N–H and O–H groups in total. The first-order valence-electron chi connectivity index (χ1n) is 7.43. The van der Waals surface area contributed by atoms with E-state index in [1.165, 1.54) is 18.3 Å². The fraction of sp³-hybridized carbons (Fsp3) is 0.400. The largest absolute Gasteiger partial charge is 0.416 e. The summed E-state index contributed by atoms with van der Waals surface area (Å²) in [4.78, 5) is 12.0. The summed E-state index contributed by atoms with van der Waals surface area (Å²) < 4.78 is 39.4. The van der Waals surface area contributed by atoms with Gasteiger partial charge in [0, 0.05) is 12.6 Å². The van der Waals surface area contributed by atoms with Gasteiger partial charge in [-0.3, -0.25) is 4.79 Å². The molecule has 1 atom stereocenters. The van der Waals surface area contributed by atoms with Crippen LogP contribution in [0.25, 0.3) is 5.69 Å². The molecular weight excluding hydrogens is 323 g/mol. The highest BCUT2D eigenvalue weighted by atomic mass is 19.4. The normalized spacial score (nSPS) is 12.9. The maximum atomic E-state index is 12.7. The van der Waals surface area contributed by atoms with Gasteiger partial charge in [-0.05, 0) is 31.7 Å². The number of carbonyl (C=O) groups is 1. The van der Waals surface area contributed by atoms with Crippen LogP contribution >= 0.6 is 0 Å². The number of carbonyl (C=O) groups excluding carboxylic acids is 1. The summed E-state index contributed by atoms with van der Waals surface area (Å²) in [5, 5.41) is 13.3. The molecule has 0 spiro atoms. The van der Waals surface area contributed by atoms with E-state index in [4.69, 9.17) is 0 Å². The number of halogens is 3. The third-order valence-electron chi connectivity index (χ3n) is 3.29. The minimum absolute atomic E-state index is 0.0381. The molecule has 0 saturated heterocycles. The predicted molar refractivity (Wildman–Crippen MR) is 81.8 cm³/mol. The molecule has 0 aliphatic carbocycles. The third-order valence-corrected chi connectivity index (χ3v) is 3.29. The Kier molecular flexibility index (Phi) is 5.55. The fourth-order valence-electron chi connectivity index (χ4n) is 2.08. The summed E-state index contributed by atoms with van der Waals surface area (Å²) in [7, 11) is 0. The van der Waals surface area contributed by atoms with Gasteiger partial charge >= 0.3 is 6.18 Å². The number of alkyl halides is 3. The molecule has 2 rings (SSSR count). The first kappa shape index (κ1) is 17.9. The van der Waals surface area contributed by atoms with Gasteiger partial charge in [0.05, 0.1) is 17.4 Å². The zero-order valence-electron chi connectivity index (χ0n) is 13.3. The molecule has 0 aliphatic rings. The maximum absolute atomic E-state index is 12.7. The lowest BCUT2D eigenvalue weighted by Gasteiger charge is -2.12. The molecule has 1 amide bonds. The van der Waals surface area contributed by atoms with Gasteiger partial charge in [-0.1, -0.05) is 18.2 Å². The second-order valence-electron chi connectivity index (χ2n) is 5.27. The Labute approximate surface area is 137 Å². The van der Waals surface area contributed by atoms with E-state index in [1.54, 1.807) is 0 Å². The lowest BCUT2D eigenvalue weighted by Crippen LogP contribution is -2.38. The van der Waals surface area contributed by atoms with Gasteiger partial charge in [-0.25, -0.2) is 4.68 Å². The van der Waals surface area contributed by atoms with E-state index in [0.29, 0.717) is 6.54 Å². The van der Waals surface area contributed by atoms with Crippen LogP contribution in [0.3, 0.4) is 0 Å². The summed E-state index contributed by atoms with van der Waals surface area (Å²) in [5.41, 5.74) is -0.575. The Morgan fingerprint density at radius 1 is 1.38 bits per heavy atom. The SMILES string of the molecule is CCN[C@H](C)CNC(=O)c1cn(-c2cccc(C(F)(F)F)c2)nn1. The second-order valence-corrected chi connectivity index (χ2v) is 5.27. The highest BCUT2D eigenvalue weighted by molar-refractivity contribution is 5.91. The standard InChI is InChI=1S/C15H18F3N5O/c1-3-19-10(2)8-20-14(24)13-9-23(22-21-13)12-6-4-5-11(7-12)15(16,17)18/h4-7,9-10,19H,3,8H2,1-2H3,(H,20,24)/t10-/m1/s1. The Balaban J connectivity index is 2.09. The quantitative estimate of drug-likeness (QED) is 0.843. The smallest absolute Gasteiger partial charge is 0.349 e. The lowest BCUT2D eigenvalue weighted by atomic mass is 10.2. The molecule has 0 unspecified atom stereocenters. The molecule has 6 nitrogen and oxygen atoms in total. The van der Waals surface area contributed by atoms with Crippen LogP contribution in [0.2, 0.25) is 0 Å². The fourth-order valence-corrected chi connectivity index (χ4v) is 2.08. The number of benzene rings is 1. The zero-order chi connectivity index (χ0) is 17.7. The zero-order valence-corrected chi connectivity index (χ0v) is 13.3. The molecule has 0 fully saturated rings. The van der Waals surface area contributed by atoms with Crippen LogP contribution in [-0.4, -0.2) is 40.0 Å². The van der Waals surface area contributed by atoms with Gasteiger partial charge < -0.3 is 10.6 Å². The number of likely N-dealkylation sites (N-methyl/N-ethyl adjacent to an activating group) is 1. The lowest BCUT2D eigenvalue weighted by molar-refractivity contribution is -0.137. The molecule has 0 saturated carbocycles. The van der Waals surface area contributed by atoms with Gasteiger partial charge in [0.1, 0.15) is 0 Å². The third kappa shape index (κ3) is 4.54. The van der Waals surface area contributed by atoms with Gasteiger partial charge in [0.2, 0.25) is 0 Å². The van der Waals surface area contributed by atoms with Crippen LogP contribution in [0.5, 0.6) is 0 Å². The van der Waals surface area contributed by atoms with E-state index in [2.05, 4.69) is 20.9 Å². The maximum Gasteiger partial charge on any atom is 0.416 e. The van der Waals surface area contributed by atoms with Crippen molar-refractivity contribution in [3.63, 3.8) is 0 Å². The Morgan fingerprint density at radius 3 is 2.79 bits per heavy atom. The van der Waals surface area contributed by atoms with Crippen LogP contribution in [0.15, 0.2) is 30.5 Å². The minimum atomic E-state index is -4.45. The van der Waals surface area contributed by atoms with Crippen LogP contribution in [0.4, 0.5) is 13.2 Å². The number of hydrogen-bond donors (Lipinski definition) is 2. The molecule has 1 heterocycles. The van der Waals surface area contributed by atoms with Crippen molar-refractivity contribution in [1.29, 1.82) is 0 Å². The molecule has 0 aliphatic heterocycles. The van der Waals surface area contributed by atoms with Crippen molar-refractivity contribution in [1.82, 2.24) is 25.6 Å². The number of hydrogen-bond acceptors (Lipinski definition) is 4. The van der Waals surface area contributed by atoms with Crippen LogP contribution in [0, 0.1) is 0 Å². The van der Waals surface area contributed by atoms with E-state index in [1.807, 2.05) is 13.8 Å². The average molecular weight is 341 g/mol. The van der Waals surface area contributed by atoms with E-state index < -0.39 is 17.6 Å². The average Bonchev–Trinajstić information content (AvgIpc) is 3.02. The van der Waals surface area contributed by atoms with Gasteiger partial charge in [-0.2, -0.15) is 13.2 Å². The van der Waals surface area contributed by atoms with Gasteiger partial charge in [0.15, 0.2) is 5.69 Å². The first-order chi connectivity index (χ1) is 11.3. The summed E-state index contributed by atoms with van der Waals surface area (Å²) in [6, 6.07) is 4.74. The van der Waals surface area contributed by atoms with Crippen molar-refractivity contribution in [3.8, 4) is 5.69 Å². The van der Waals surface area contributed by atoms with Crippen LogP contribution < -0.4 is 10.6 Å². The van der Waals surface area contributed by atoms with E-state index >= 15 is 0 Å². The van der Waals surface area contributed by atoms with E-state index in [0.717, 1.165) is 23.4 Å². The molecule has 0 radical (unpaired) electrons. The van der Waals surface area contributed by atoms with Crippen molar-refractivity contribution in [2.75, 3.05) is 13.1 Å². The van der Waals surface area contributed by atoms with Crippen molar-refractivity contribution in [2.45, 2.75) is 26.1 Å². The summed E-state index contributed by atoms with van der Waals surface area (Å²) in [6.45, 7) is 5.06. The topological polar surface area (TPSA) is 71.8 Å². The van der Waals surface area contributed by atoms with E-state index in [9.17, 15) is 18.0 Å². The minimum Gasteiger partial charge on any atom is -0.349 e. The highest BCUT2D eigenvalue weighted by Crippen LogP contribution is 2.30. The van der Waals surface area contributed by atoms with Crippen molar-refractivity contribution in [3.05, 3.63) is 41.7 Å². The summed E-state index contributed by atoms with van der Waals surface area (Å²) in [6.07, 6.45) is -3.15. The van der Waals surface area contributed by atoms with Crippen molar-refractivity contribution < 1.29 is 18.0 Å². The number of aromatic nitrogens is 3. The molecule has 1 aromatic heterocycles.